The maximum Gasteiger partial charge on any atom is 0.251 e. The zero-order valence-corrected chi connectivity index (χ0v) is 16.3. The molecule has 1 atom stereocenters. The molecule has 2 aromatic carbocycles. The van der Waals surface area contributed by atoms with E-state index < -0.39 is 11.9 Å². The van der Waals surface area contributed by atoms with Crippen LogP contribution in [0.15, 0.2) is 48.5 Å². The fraction of sp³-hybridized carbons (Fsp3) is 0.364. The molecule has 0 aliphatic carbocycles. The number of nitrogens with one attached hydrogen (secondary N) is 1. The summed E-state index contributed by atoms with van der Waals surface area (Å²) >= 11 is 0. The molecule has 29 heavy (non-hydrogen) atoms. The number of imide groups is 1. The van der Waals surface area contributed by atoms with Gasteiger partial charge in [-0.1, -0.05) is 0 Å². The molecule has 2 aromatic rings. The van der Waals surface area contributed by atoms with Gasteiger partial charge in [0.1, 0.15) is 11.6 Å². The lowest BCUT2D eigenvalue weighted by Gasteiger charge is -2.35. The molecule has 0 spiro atoms. The average Bonchev–Trinajstić information content (AvgIpc) is 3.04. The molecule has 152 valence electrons. The number of hydrogen-bond acceptors (Lipinski definition) is 5. The van der Waals surface area contributed by atoms with Gasteiger partial charge in [0.25, 0.3) is 5.91 Å². The number of halogens is 1. The van der Waals surface area contributed by atoms with E-state index in [1.165, 1.54) is 29.2 Å². The van der Waals surface area contributed by atoms with Crippen LogP contribution in [0.3, 0.4) is 0 Å². The van der Waals surface area contributed by atoms with Crippen molar-refractivity contribution in [3.63, 3.8) is 0 Å². The normalized spacial score (nSPS) is 20.9. The Hall–Kier alpha value is -2.93. The molecule has 0 aromatic heterocycles. The van der Waals surface area contributed by atoms with E-state index in [4.69, 9.17) is 4.74 Å². The Morgan fingerprint density at radius 3 is 2.28 bits per heavy atom. The second kappa shape index (κ2) is 8.21. The highest BCUT2D eigenvalue weighted by atomic mass is 19.1. The molecule has 1 N–H and O–H groups in total. The van der Waals surface area contributed by atoms with Gasteiger partial charge in [0.15, 0.2) is 0 Å². The maximum atomic E-state index is 13.2. The third kappa shape index (κ3) is 4.10. The van der Waals surface area contributed by atoms with E-state index in [0.717, 1.165) is 37.4 Å². The maximum absolute atomic E-state index is 13.2. The fourth-order valence-electron chi connectivity index (χ4n) is 4.04. The van der Waals surface area contributed by atoms with E-state index in [2.05, 4.69) is 10.2 Å². The minimum atomic E-state index is -0.436. The Kier molecular flexibility index (Phi) is 5.49. The zero-order chi connectivity index (χ0) is 20.4. The van der Waals surface area contributed by atoms with Crippen LogP contribution in [0.4, 0.5) is 15.8 Å². The number of rotatable bonds is 5. The second-order valence-electron chi connectivity index (χ2n) is 7.45. The van der Waals surface area contributed by atoms with Gasteiger partial charge in [-0.25, -0.2) is 9.29 Å². The number of hydrogen-bond donors (Lipinski definition) is 1. The lowest BCUT2D eigenvalue weighted by Crippen LogP contribution is -2.48. The molecule has 2 saturated heterocycles. The number of ether oxygens (including phenoxy) is 1. The minimum absolute atomic E-state index is 0.173. The topological polar surface area (TPSA) is 61.9 Å². The van der Waals surface area contributed by atoms with Crippen molar-refractivity contribution >= 4 is 23.2 Å². The monoisotopic (exact) mass is 397 g/mol. The quantitative estimate of drug-likeness (QED) is 0.786. The summed E-state index contributed by atoms with van der Waals surface area (Å²) in [5, 5.41) is 3.52. The smallest absolute Gasteiger partial charge is 0.251 e. The fourth-order valence-corrected chi connectivity index (χ4v) is 4.04. The Labute approximate surface area is 169 Å². The van der Waals surface area contributed by atoms with Crippen molar-refractivity contribution in [2.45, 2.75) is 31.3 Å². The second-order valence-corrected chi connectivity index (χ2v) is 7.45. The number of carbonyl (C=O) groups is 2. The van der Waals surface area contributed by atoms with E-state index in [9.17, 15) is 14.0 Å². The van der Waals surface area contributed by atoms with Crippen LogP contribution >= 0.6 is 0 Å². The van der Waals surface area contributed by atoms with Gasteiger partial charge in [0.05, 0.1) is 25.3 Å². The van der Waals surface area contributed by atoms with E-state index in [1.54, 1.807) is 7.11 Å². The highest BCUT2D eigenvalue weighted by molar-refractivity contribution is 6.22. The van der Waals surface area contributed by atoms with Gasteiger partial charge < -0.3 is 10.1 Å². The SMILES string of the molecule is COc1ccc(NC2CCN([C@@H]3CC(=O)N(c4ccc(F)cc4)C3=O)CC2)cc1. The number of methoxy groups -OCH3 is 1. The molecule has 2 aliphatic rings. The molecule has 2 heterocycles. The predicted octanol–water partition coefficient (Wildman–Crippen LogP) is 3.04. The molecule has 7 heteroatoms. The summed E-state index contributed by atoms with van der Waals surface area (Å²) in [4.78, 5) is 28.6. The van der Waals surface area contributed by atoms with Crippen LogP contribution in [-0.2, 0) is 9.59 Å². The molecule has 0 unspecified atom stereocenters. The van der Waals surface area contributed by atoms with E-state index >= 15 is 0 Å². The Morgan fingerprint density at radius 1 is 1.00 bits per heavy atom. The lowest BCUT2D eigenvalue weighted by molar-refractivity contribution is -0.123. The van der Waals surface area contributed by atoms with E-state index in [-0.39, 0.29) is 18.2 Å². The van der Waals surface area contributed by atoms with Crippen LogP contribution in [0.1, 0.15) is 19.3 Å². The van der Waals surface area contributed by atoms with Crippen molar-refractivity contribution in [1.82, 2.24) is 4.90 Å². The van der Waals surface area contributed by atoms with Crippen LogP contribution in [0, 0.1) is 5.82 Å². The number of anilines is 2. The van der Waals surface area contributed by atoms with Crippen LogP contribution in [0.5, 0.6) is 5.75 Å². The molecule has 2 aliphatic heterocycles. The first-order valence-electron chi connectivity index (χ1n) is 9.82. The third-order valence-electron chi connectivity index (χ3n) is 5.64. The summed E-state index contributed by atoms with van der Waals surface area (Å²) < 4.78 is 18.3. The summed E-state index contributed by atoms with van der Waals surface area (Å²) in [7, 11) is 1.64. The number of carbonyl (C=O) groups excluding carboxylic acids is 2. The Balaban J connectivity index is 1.35. The Morgan fingerprint density at radius 2 is 1.66 bits per heavy atom. The van der Waals surface area contributed by atoms with E-state index in [1.807, 2.05) is 24.3 Å². The van der Waals surface area contributed by atoms with Crippen molar-refractivity contribution in [1.29, 1.82) is 0 Å². The van der Waals surface area contributed by atoms with Crippen LogP contribution in [0.2, 0.25) is 0 Å². The van der Waals surface area contributed by atoms with Gasteiger partial charge in [-0.2, -0.15) is 0 Å². The van der Waals surface area contributed by atoms with Crippen molar-refractivity contribution < 1.29 is 18.7 Å². The van der Waals surface area contributed by atoms with Gasteiger partial charge in [-0.05, 0) is 61.4 Å². The third-order valence-corrected chi connectivity index (χ3v) is 5.64. The molecule has 0 bridgehead atoms. The minimum Gasteiger partial charge on any atom is -0.497 e. The molecule has 2 fully saturated rings. The lowest BCUT2D eigenvalue weighted by atomic mass is 10.0. The summed E-state index contributed by atoms with van der Waals surface area (Å²) in [6, 6.07) is 13.2. The molecular formula is C22H24FN3O3. The number of benzene rings is 2. The first-order chi connectivity index (χ1) is 14.0. The molecule has 6 nitrogen and oxygen atoms in total. The molecule has 2 amide bonds. The van der Waals surface area contributed by atoms with Crippen molar-refractivity contribution in [2.24, 2.45) is 0 Å². The zero-order valence-electron chi connectivity index (χ0n) is 16.3. The van der Waals surface area contributed by atoms with Gasteiger partial charge in [0.2, 0.25) is 5.91 Å². The first-order valence-corrected chi connectivity index (χ1v) is 9.82. The van der Waals surface area contributed by atoms with Crippen LogP contribution in [-0.4, -0.2) is 49.0 Å². The molecule has 4 rings (SSSR count). The summed E-state index contributed by atoms with van der Waals surface area (Å²) in [6.45, 7) is 1.49. The number of likely N-dealkylation sites (tertiary alicyclic amines) is 1. The van der Waals surface area contributed by atoms with Gasteiger partial charge >= 0.3 is 0 Å². The van der Waals surface area contributed by atoms with Gasteiger partial charge in [0, 0.05) is 24.8 Å². The van der Waals surface area contributed by atoms with Gasteiger partial charge in [-0.15, -0.1) is 0 Å². The van der Waals surface area contributed by atoms with Gasteiger partial charge in [-0.3, -0.25) is 14.5 Å². The van der Waals surface area contributed by atoms with Crippen molar-refractivity contribution in [3.8, 4) is 5.75 Å². The van der Waals surface area contributed by atoms with Crippen LogP contribution in [0.25, 0.3) is 0 Å². The number of amides is 2. The summed E-state index contributed by atoms with van der Waals surface area (Å²) in [6.07, 6.45) is 1.95. The number of nitrogens with zero attached hydrogens (tertiary/aromatic N) is 2. The van der Waals surface area contributed by atoms with E-state index in [0.29, 0.717) is 11.7 Å². The Bertz CT molecular complexity index is 877. The molecule has 0 radical (unpaired) electrons. The van der Waals surface area contributed by atoms with Crippen molar-refractivity contribution in [3.05, 3.63) is 54.3 Å². The highest BCUT2D eigenvalue weighted by Crippen LogP contribution is 2.28. The summed E-state index contributed by atoms with van der Waals surface area (Å²) in [5.74, 6) is -0.0235. The average molecular weight is 397 g/mol. The standard InChI is InChI=1S/C22H24FN3O3/c1-29-19-8-4-16(5-9-19)24-17-10-12-25(13-11-17)20-14-21(27)26(22(20)28)18-6-2-15(23)3-7-18/h2-9,17,20,24H,10-14H2,1H3/t20-/m1/s1. The first kappa shape index (κ1) is 19.4. The molecule has 0 saturated carbocycles. The molecular weight excluding hydrogens is 373 g/mol. The van der Waals surface area contributed by atoms with Crippen LogP contribution < -0.4 is 15.0 Å². The predicted molar refractivity (Wildman–Crippen MR) is 109 cm³/mol. The number of piperidine rings is 1. The highest BCUT2D eigenvalue weighted by Gasteiger charge is 2.43. The largest absolute Gasteiger partial charge is 0.497 e. The van der Waals surface area contributed by atoms with Crippen molar-refractivity contribution in [2.75, 3.05) is 30.4 Å². The summed E-state index contributed by atoms with van der Waals surface area (Å²) in [5.41, 5.74) is 1.47.